The van der Waals surface area contributed by atoms with Crippen LogP contribution in [0, 0.1) is 0 Å². The van der Waals surface area contributed by atoms with Gasteiger partial charge in [-0.05, 0) is 35.9 Å². The molecule has 27 heavy (non-hydrogen) atoms. The van der Waals surface area contributed by atoms with Crippen LogP contribution in [0.5, 0.6) is 11.5 Å². The molecule has 5 nitrogen and oxygen atoms in total. The van der Waals surface area contributed by atoms with Crippen molar-refractivity contribution in [1.29, 1.82) is 0 Å². The van der Waals surface area contributed by atoms with Crippen molar-refractivity contribution in [2.45, 2.75) is 12.7 Å². The van der Waals surface area contributed by atoms with E-state index in [1.54, 1.807) is 31.4 Å². The highest BCUT2D eigenvalue weighted by Crippen LogP contribution is 2.42. The number of carbonyl (C=O) groups excluding carboxylic acids is 1. The van der Waals surface area contributed by atoms with Crippen LogP contribution in [0.1, 0.15) is 26.9 Å². The summed E-state index contributed by atoms with van der Waals surface area (Å²) in [4.78, 5) is 14.2. The summed E-state index contributed by atoms with van der Waals surface area (Å²) < 4.78 is 10.9. The summed E-state index contributed by atoms with van der Waals surface area (Å²) in [7, 11) is 1.59. The molecule has 2 aromatic carbocycles. The van der Waals surface area contributed by atoms with Gasteiger partial charge in [-0.1, -0.05) is 24.3 Å². The number of benzene rings is 2. The van der Waals surface area contributed by atoms with Crippen LogP contribution < -0.4 is 14.8 Å². The maximum atomic E-state index is 12.5. The Morgan fingerprint density at radius 3 is 2.81 bits per heavy atom. The van der Waals surface area contributed by atoms with Crippen molar-refractivity contribution in [3.8, 4) is 21.9 Å². The van der Waals surface area contributed by atoms with Gasteiger partial charge in [-0.2, -0.15) is 0 Å². The molecule has 1 aliphatic heterocycles. The molecule has 2 heterocycles. The van der Waals surface area contributed by atoms with E-state index in [2.05, 4.69) is 5.32 Å². The number of fused-ring (bicyclic) bond motifs is 3. The molecule has 1 aliphatic rings. The fourth-order valence-electron chi connectivity index (χ4n) is 3.03. The molecule has 4 rings (SSSR count). The van der Waals surface area contributed by atoms with E-state index >= 15 is 0 Å². The van der Waals surface area contributed by atoms with Crippen LogP contribution in [0.4, 0.5) is 0 Å². The van der Waals surface area contributed by atoms with Crippen LogP contribution in [-0.4, -0.2) is 24.7 Å². The van der Waals surface area contributed by atoms with E-state index in [0.29, 0.717) is 11.5 Å². The first kappa shape index (κ1) is 17.6. The molecule has 1 unspecified atom stereocenters. The van der Waals surface area contributed by atoms with E-state index in [1.807, 2.05) is 30.3 Å². The Hall–Kier alpha value is -2.83. The van der Waals surface area contributed by atoms with Crippen molar-refractivity contribution in [3.05, 3.63) is 70.6 Å². The average Bonchev–Trinajstić information content (AvgIpc) is 3.17. The molecule has 3 aromatic rings. The molecule has 0 saturated carbocycles. The minimum absolute atomic E-state index is 0.140. The van der Waals surface area contributed by atoms with Crippen LogP contribution in [0.25, 0.3) is 10.4 Å². The molecule has 0 fully saturated rings. The van der Waals surface area contributed by atoms with Gasteiger partial charge in [0, 0.05) is 22.5 Å². The van der Waals surface area contributed by atoms with Gasteiger partial charge in [0.05, 0.1) is 18.1 Å². The van der Waals surface area contributed by atoms with Crippen molar-refractivity contribution in [2.75, 3.05) is 13.7 Å². The Labute approximate surface area is 161 Å². The molecule has 0 radical (unpaired) electrons. The van der Waals surface area contributed by atoms with Gasteiger partial charge < -0.3 is 19.9 Å². The van der Waals surface area contributed by atoms with Crippen LogP contribution in [0.15, 0.2) is 54.6 Å². The van der Waals surface area contributed by atoms with Gasteiger partial charge in [0.25, 0.3) is 5.91 Å². The molecule has 6 heteroatoms. The van der Waals surface area contributed by atoms with Crippen LogP contribution in [0.3, 0.4) is 0 Å². The number of hydrogen-bond donors (Lipinski definition) is 2. The summed E-state index contributed by atoms with van der Waals surface area (Å²) in [6, 6.07) is 16.8. The number of aliphatic hydroxyl groups excluding tert-OH is 1. The van der Waals surface area contributed by atoms with Gasteiger partial charge >= 0.3 is 0 Å². The number of methoxy groups -OCH3 is 1. The van der Waals surface area contributed by atoms with Gasteiger partial charge in [-0.15, -0.1) is 11.3 Å². The first-order valence-electron chi connectivity index (χ1n) is 8.61. The van der Waals surface area contributed by atoms with Crippen molar-refractivity contribution >= 4 is 17.2 Å². The lowest BCUT2D eigenvalue weighted by Crippen LogP contribution is -2.27. The van der Waals surface area contributed by atoms with Crippen LogP contribution in [0.2, 0.25) is 0 Å². The molecule has 2 N–H and O–H groups in total. The van der Waals surface area contributed by atoms with E-state index in [1.165, 1.54) is 11.3 Å². The number of para-hydroxylation sites is 1. The molecule has 1 atom stereocenters. The summed E-state index contributed by atoms with van der Waals surface area (Å²) in [6.45, 7) is 0.603. The summed E-state index contributed by atoms with van der Waals surface area (Å²) in [6.07, 6.45) is -0.779. The SMILES string of the molecule is COc1ccc(C(O)CNC(=O)c2cc3c(s2)-c2ccccc2OC3)cc1. The molecular weight excluding hydrogens is 362 g/mol. The molecule has 0 aliphatic carbocycles. The number of rotatable bonds is 5. The molecule has 0 saturated heterocycles. The van der Waals surface area contributed by atoms with E-state index in [4.69, 9.17) is 9.47 Å². The minimum Gasteiger partial charge on any atom is -0.497 e. The maximum absolute atomic E-state index is 12.5. The zero-order chi connectivity index (χ0) is 18.8. The van der Waals surface area contributed by atoms with E-state index in [0.717, 1.165) is 33.1 Å². The molecule has 1 aromatic heterocycles. The fraction of sp³-hybridized carbons (Fsp3) is 0.190. The van der Waals surface area contributed by atoms with Gasteiger partial charge in [0.2, 0.25) is 0 Å². The summed E-state index contributed by atoms with van der Waals surface area (Å²) in [5.41, 5.74) is 2.75. The number of carbonyl (C=O) groups is 1. The third-order valence-electron chi connectivity index (χ3n) is 4.50. The van der Waals surface area contributed by atoms with Gasteiger partial charge in [0.1, 0.15) is 18.1 Å². The lowest BCUT2D eigenvalue weighted by molar-refractivity contribution is 0.0920. The Morgan fingerprint density at radius 1 is 1.26 bits per heavy atom. The maximum Gasteiger partial charge on any atom is 0.261 e. The predicted octanol–water partition coefficient (Wildman–Crippen LogP) is 3.78. The number of thiophene rings is 1. The first-order valence-corrected chi connectivity index (χ1v) is 9.42. The largest absolute Gasteiger partial charge is 0.497 e. The van der Waals surface area contributed by atoms with E-state index in [9.17, 15) is 9.90 Å². The second kappa shape index (κ2) is 7.42. The second-order valence-electron chi connectivity index (χ2n) is 6.25. The summed E-state index contributed by atoms with van der Waals surface area (Å²) >= 11 is 1.45. The average molecular weight is 381 g/mol. The summed E-state index contributed by atoms with van der Waals surface area (Å²) in [5, 5.41) is 13.1. The number of aliphatic hydroxyl groups is 1. The predicted molar refractivity (Wildman–Crippen MR) is 104 cm³/mol. The molecule has 0 bridgehead atoms. The normalized spacial score (nSPS) is 13.1. The van der Waals surface area contributed by atoms with Gasteiger partial charge in [-0.3, -0.25) is 4.79 Å². The smallest absolute Gasteiger partial charge is 0.261 e. The minimum atomic E-state index is -0.779. The van der Waals surface area contributed by atoms with E-state index in [-0.39, 0.29) is 12.5 Å². The quantitative estimate of drug-likeness (QED) is 0.706. The Balaban J connectivity index is 1.44. The standard InChI is InChI=1S/C21H19NO4S/c1-25-15-8-6-13(7-9-15)17(23)11-22-21(24)19-10-14-12-26-18-5-3-2-4-16(18)20(14)27-19/h2-10,17,23H,11-12H2,1H3,(H,22,24). The number of ether oxygens (including phenoxy) is 2. The lowest BCUT2D eigenvalue weighted by Gasteiger charge is -2.16. The van der Waals surface area contributed by atoms with Gasteiger partial charge in [-0.25, -0.2) is 0 Å². The zero-order valence-electron chi connectivity index (χ0n) is 14.8. The first-order chi connectivity index (χ1) is 13.2. The van der Waals surface area contributed by atoms with Crippen LogP contribution in [-0.2, 0) is 6.61 Å². The topological polar surface area (TPSA) is 67.8 Å². The van der Waals surface area contributed by atoms with Crippen molar-refractivity contribution in [2.24, 2.45) is 0 Å². The third-order valence-corrected chi connectivity index (χ3v) is 5.71. The zero-order valence-corrected chi connectivity index (χ0v) is 15.6. The number of amides is 1. The second-order valence-corrected chi connectivity index (χ2v) is 7.30. The molecule has 0 spiro atoms. The third kappa shape index (κ3) is 3.54. The highest BCUT2D eigenvalue weighted by molar-refractivity contribution is 7.17. The molecule has 138 valence electrons. The summed E-state index contributed by atoms with van der Waals surface area (Å²) in [5.74, 6) is 1.37. The lowest BCUT2D eigenvalue weighted by atomic mass is 10.1. The Bertz CT molecular complexity index is 965. The monoisotopic (exact) mass is 381 g/mol. The van der Waals surface area contributed by atoms with Crippen molar-refractivity contribution < 1.29 is 19.4 Å². The Kier molecular flexibility index (Phi) is 4.83. The molecular formula is C21H19NO4S. The van der Waals surface area contributed by atoms with Crippen molar-refractivity contribution in [1.82, 2.24) is 5.32 Å². The van der Waals surface area contributed by atoms with Crippen LogP contribution >= 0.6 is 11.3 Å². The van der Waals surface area contributed by atoms with Gasteiger partial charge in [0.15, 0.2) is 0 Å². The number of hydrogen-bond acceptors (Lipinski definition) is 5. The number of nitrogens with one attached hydrogen (secondary N) is 1. The highest BCUT2D eigenvalue weighted by atomic mass is 32.1. The van der Waals surface area contributed by atoms with E-state index < -0.39 is 6.10 Å². The highest BCUT2D eigenvalue weighted by Gasteiger charge is 2.22. The fourth-order valence-corrected chi connectivity index (χ4v) is 4.15. The van der Waals surface area contributed by atoms with Crippen molar-refractivity contribution in [3.63, 3.8) is 0 Å². The Morgan fingerprint density at radius 2 is 2.04 bits per heavy atom. The molecule has 1 amide bonds.